The molecular formula is C30H29Cl3F6O8. The number of hydrogen-bond acceptors (Lipinski definition) is 8. The Morgan fingerprint density at radius 1 is 0.702 bits per heavy atom. The van der Waals surface area contributed by atoms with E-state index in [-0.39, 0.29) is 6.61 Å². The highest BCUT2D eigenvalue weighted by atomic mass is 35.6. The van der Waals surface area contributed by atoms with Crippen LogP contribution in [0.5, 0.6) is 0 Å². The second-order valence-electron chi connectivity index (χ2n) is 9.40. The highest BCUT2D eigenvalue weighted by Crippen LogP contribution is 2.31. The van der Waals surface area contributed by atoms with Gasteiger partial charge in [-0.1, -0.05) is 95.5 Å². The minimum Gasteiger partial charge on any atom is -0.458 e. The summed E-state index contributed by atoms with van der Waals surface area (Å²) >= 11 is 16.5. The molecule has 47 heavy (non-hydrogen) atoms. The fourth-order valence-corrected chi connectivity index (χ4v) is 3.73. The number of carbonyl (C=O) groups excluding carboxylic acids is 2. The van der Waals surface area contributed by atoms with Gasteiger partial charge >= 0.3 is 24.3 Å². The van der Waals surface area contributed by atoms with Gasteiger partial charge in [-0.2, -0.15) is 26.3 Å². The summed E-state index contributed by atoms with van der Waals surface area (Å²) in [4.78, 5) is 24.7. The third kappa shape index (κ3) is 16.2. The normalized spacial score (nSPS) is 15.4. The van der Waals surface area contributed by atoms with Crippen LogP contribution in [0.2, 0.25) is 0 Å². The lowest BCUT2D eigenvalue weighted by atomic mass is 10.1. The topological polar surface area (TPSA) is 89.5 Å². The summed E-state index contributed by atoms with van der Waals surface area (Å²) in [6.07, 6.45) is -18.2. The van der Waals surface area contributed by atoms with E-state index in [9.17, 15) is 35.9 Å². The van der Waals surface area contributed by atoms with E-state index in [1.807, 2.05) is 0 Å². The fourth-order valence-electron chi connectivity index (χ4n) is 3.57. The van der Waals surface area contributed by atoms with Gasteiger partial charge in [-0.05, 0) is 23.3 Å². The molecule has 8 nitrogen and oxygen atoms in total. The van der Waals surface area contributed by atoms with Crippen LogP contribution in [-0.2, 0) is 51.2 Å². The largest absolute Gasteiger partial charge is 0.458 e. The second kappa shape index (κ2) is 19.2. The number of methoxy groups -OCH3 is 1. The molecule has 0 unspecified atom stereocenters. The molecule has 2 rings (SSSR count). The number of benzene rings is 2. The van der Waals surface area contributed by atoms with Crippen LogP contribution in [-0.4, -0.2) is 73.0 Å². The van der Waals surface area contributed by atoms with Crippen molar-refractivity contribution in [2.75, 3.05) is 20.5 Å². The van der Waals surface area contributed by atoms with Crippen molar-refractivity contribution in [3.8, 4) is 0 Å². The number of halogens is 9. The lowest BCUT2D eigenvalue weighted by Crippen LogP contribution is -2.44. The van der Waals surface area contributed by atoms with Crippen LogP contribution >= 0.6 is 34.8 Å². The summed E-state index contributed by atoms with van der Waals surface area (Å²) in [6, 6.07) is 15.9. The zero-order chi connectivity index (χ0) is 35.1. The molecule has 0 spiro atoms. The van der Waals surface area contributed by atoms with Gasteiger partial charge in [0.05, 0.1) is 13.2 Å². The van der Waals surface area contributed by atoms with Crippen LogP contribution in [0.3, 0.4) is 0 Å². The van der Waals surface area contributed by atoms with E-state index in [0.29, 0.717) is 35.4 Å². The maximum atomic E-state index is 14.2. The Bertz CT molecular complexity index is 1290. The number of alkyl halides is 9. The lowest BCUT2D eigenvalue weighted by molar-refractivity contribution is -0.264. The van der Waals surface area contributed by atoms with Crippen LogP contribution in [0.15, 0.2) is 85.0 Å². The van der Waals surface area contributed by atoms with E-state index in [1.54, 1.807) is 48.5 Å². The molecule has 0 aliphatic heterocycles. The molecule has 0 N–H and O–H groups in total. The molecule has 0 aliphatic rings. The average molecular weight is 738 g/mol. The molecule has 0 amide bonds. The number of rotatable bonds is 17. The smallest absolute Gasteiger partial charge is 0.428 e. The standard InChI is InChI=1S/C30H29Cl3F6O8/c1-42-19-46-26(29(34,35)36)22(43-16-20-8-4-2-5-9-20)13-15-25(41)47-27(30(37,38)39)23(44-17-21-10-6-3-7-11-21)12-14-24(40)45-18-28(31,32)33/h2-15,22-23,26-27H,16-19H2,1H3/b14-12+,15-13+/t22-,23-,26-,27-/m1/s1. The average Bonchev–Trinajstić information content (AvgIpc) is 2.99. The van der Waals surface area contributed by atoms with E-state index in [4.69, 9.17) is 49.0 Å². The minimum absolute atomic E-state index is 0.330. The van der Waals surface area contributed by atoms with Crippen molar-refractivity contribution in [3.63, 3.8) is 0 Å². The van der Waals surface area contributed by atoms with Crippen molar-refractivity contribution >= 4 is 46.7 Å². The highest BCUT2D eigenvalue weighted by Gasteiger charge is 2.49. The zero-order valence-electron chi connectivity index (χ0n) is 24.4. The van der Waals surface area contributed by atoms with Gasteiger partial charge in [-0.3, -0.25) is 0 Å². The summed E-state index contributed by atoms with van der Waals surface area (Å²) < 4.78 is 112. The van der Waals surface area contributed by atoms with Gasteiger partial charge in [0.25, 0.3) is 0 Å². The first kappa shape index (κ1) is 40.3. The predicted octanol–water partition coefficient (Wildman–Crippen LogP) is 7.21. The van der Waals surface area contributed by atoms with Gasteiger partial charge in [-0.15, -0.1) is 0 Å². The molecule has 2 aromatic carbocycles. The second-order valence-corrected chi connectivity index (χ2v) is 11.9. The van der Waals surface area contributed by atoms with Crippen molar-refractivity contribution < 1.29 is 64.4 Å². The Labute approximate surface area is 281 Å². The molecule has 0 heterocycles. The minimum atomic E-state index is -5.30. The van der Waals surface area contributed by atoms with Crippen LogP contribution in [0, 0.1) is 0 Å². The monoisotopic (exact) mass is 736 g/mol. The van der Waals surface area contributed by atoms with Gasteiger partial charge in [-0.25, -0.2) is 9.59 Å². The Morgan fingerprint density at radius 2 is 1.15 bits per heavy atom. The Hall–Kier alpha value is -2.85. The summed E-state index contributed by atoms with van der Waals surface area (Å²) in [5.41, 5.74) is 0.875. The van der Waals surface area contributed by atoms with Crippen molar-refractivity contribution in [1.82, 2.24) is 0 Å². The van der Waals surface area contributed by atoms with Gasteiger partial charge in [0, 0.05) is 19.3 Å². The molecule has 0 radical (unpaired) electrons. The van der Waals surface area contributed by atoms with Gasteiger partial charge in [0.1, 0.15) is 25.6 Å². The third-order valence-corrected chi connectivity index (χ3v) is 5.97. The molecule has 4 atom stereocenters. The number of carbonyl (C=O) groups is 2. The Balaban J connectivity index is 2.34. The van der Waals surface area contributed by atoms with Crippen LogP contribution in [0.4, 0.5) is 26.3 Å². The van der Waals surface area contributed by atoms with E-state index < -0.39 is 72.5 Å². The van der Waals surface area contributed by atoms with Crippen molar-refractivity contribution in [3.05, 3.63) is 96.1 Å². The third-order valence-electron chi connectivity index (χ3n) is 5.64. The maximum Gasteiger partial charge on any atom is 0.428 e. The van der Waals surface area contributed by atoms with Crippen LogP contribution < -0.4 is 0 Å². The first-order chi connectivity index (χ1) is 22.0. The molecule has 2 aromatic rings. The van der Waals surface area contributed by atoms with E-state index >= 15 is 0 Å². The Morgan fingerprint density at radius 3 is 1.57 bits per heavy atom. The van der Waals surface area contributed by atoms with Gasteiger partial charge < -0.3 is 28.4 Å². The Kier molecular flexibility index (Phi) is 16.5. The molecular weight excluding hydrogens is 709 g/mol. The highest BCUT2D eigenvalue weighted by molar-refractivity contribution is 6.67. The zero-order valence-corrected chi connectivity index (χ0v) is 26.7. The molecule has 17 heteroatoms. The van der Waals surface area contributed by atoms with E-state index in [1.165, 1.54) is 12.1 Å². The number of ether oxygens (including phenoxy) is 6. The molecule has 0 aliphatic carbocycles. The van der Waals surface area contributed by atoms with Crippen molar-refractivity contribution in [1.29, 1.82) is 0 Å². The van der Waals surface area contributed by atoms with Crippen LogP contribution in [0.1, 0.15) is 11.1 Å². The van der Waals surface area contributed by atoms with Crippen molar-refractivity contribution in [2.24, 2.45) is 0 Å². The summed E-state index contributed by atoms with van der Waals surface area (Å²) in [7, 11) is 1.07. The SMILES string of the molecule is COCO[C@H]([C@@H](/C=C/C(=O)O[C@H]([C@@H](/C=C/C(=O)OCC(Cl)(Cl)Cl)OCc1ccccc1)C(F)(F)F)OCc1ccccc1)C(F)(F)F. The van der Waals surface area contributed by atoms with Gasteiger partial charge in [0.2, 0.25) is 9.90 Å². The molecule has 0 saturated heterocycles. The molecule has 0 bridgehead atoms. The molecule has 0 aromatic heterocycles. The molecule has 0 fully saturated rings. The van der Waals surface area contributed by atoms with Gasteiger partial charge in [0.15, 0.2) is 6.10 Å². The van der Waals surface area contributed by atoms with E-state index in [2.05, 4.69) is 14.2 Å². The maximum absolute atomic E-state index is 14.2. The summed E-state index contributed by atoms with van der Waals surface area (Å²) in [5.74, 6) is -2.93. The van der Waals surface area contributed by atoms with Crippen molar-refractivity contribution in [2.45, 2.75) is 53.8 Å². The molecule has 260 valence electrons. The number of esters is 2. The fraction of sp³-hybridized carbons (Fsp3) is 0.400. The molecule has 0 saturated carbocycles. The van der Waals surface area contributed by atoms with E-state index in [0.717, 1.165) is 7.11 Å². The van der Waals surface area contributed by atoms with Crippen LogP contribution in [0.25, 0.3) is 0 Å². The number of hydrogen-bond donors (Lipinski definition) is 0. The summed E-state index contributed by atoms with van der Waals surface area (Å²) in [5, 5.41) is 0. The predicted molar refractivity (Wildman–Crippen MR) is 158 cm³/mol. The summed E-state index contributed by atoms with van der Waals surface area (Å²) in [6.45, 7) is -2.37. The first-order valence-corrected chi connectivity index (χ1v) is 14.5. The lowest BCUT2D eigenvalue weighted by Gasteiger charge is -2.28. The quantitative estimate of drug-likeness (QED) is 0.0554. The first-order valence-electron chi connectivity index (χ1n) is 13.3.